The molecule has 2 aliphatic carbocycles. The predicted octanol–water partition coefficient (Wildman–Crippen LogP) is 2.76. The van der Waals surface area contributed by atoms with Crippen LogP contribution in [-0.2, 0) is 19.1 Å². The molecule has 1 saturated carbocycles. The Bertz CT molecular complexity index is 683. The largest absolute Gasteiger partial charge is 0.460 e. The summed E-state index contributed by atoms with van der Waals surface area (Å²) < 4.78 is 10.4. The lowest BCUT2D eigenvalue weighted by Crippen LogP contribution is -2.57. The number of cyclic esters (lactones) is 1. The van der Waals surface area contributed by atoms with E-state index in [-0.39, 0.29) is 17.4 Å². The molecule has 0 radical (unpaired) electrons. The van der Waals surface area contributed by atoms with Crippen LogP contribution in [0.3, 0.4) is 0 Å². The van der Waals surface area contributed by atoms with Crippen molar-refractivity contribution in [3.63, 3.8) is 0 Å². The average molecular weight is 395 g/mol. The van der Waals surface area contributed by atoms with Gasteiger partial charge in [-0.1, -0.05) is 45.8 Å². The molecule has 0 amide bonds. The highest BCUT2D eigenvalue weighted by atomic mass is 16.6. The van der Waals surface area contributed by atoms with Crippen LogP contribution in [0.4, 0.5) is 0 Å². The molecule has 3 rings (SSSR count). The van der Waals surface area contributed by atoms with Gasteiger partial charge in [0, 0.05) is 6.92 Å². The molecule has 0 unspecified atom stereocenters. The molecule has 0 aromatic carbocycles. The van der Waals surface area contributed by atoms with Crippen molar-refractivity contribution in [2.24, 2.45) is 22.7 Å². The number of hydrogen-bond donors (Lipinski definition) is 2. The van der Waals surface area contributed by atoms with Crippen LogP contribution in [0.1, 0.15) is 66.7 Å². The summed E-state index contributed by atoms with van der Waals surface area (Å²) in [5, 5.41) is 21.3. The topological polar surface area (TPSA) is 93.1 Å². The SMILES string of the molecule is CC(=O)O[C@H](C[C@]1(C)[C@@H]2CCCC(C)(C)C2=CC[C@@H]1C)[C@@]1(O)COC(=O)[C@@H]1O. The van der Waals surface area contributed by atoms with Crippen LogP contribution in [0.5, 0.6) is 0 Å². The van der Waals surface area contributed by atoms with Crippen molar-refractivity contribution in [3.8, 4) is 0 Å². The Kier molecular flexibility index (Phi) is 5.43. The normalized spacial score (nSPS) is 40.9. The van der Waals surface area contributed by atoms with Crippen molar-refractivity contribution >= 4 is 11.9 Å². The van der Waals surface area contributed by atoms with Crippen LogP contribution in [0, 0.1) is 22.7 Å². The van der Waals surface area contributed by atoms with E-state index in [1.165, 1.54) is 12.5 Å². The Morgan fingerprint density at radius 2 is 2.07 bits per heavy atom. The minimum Gasteiger partial charge on any atom is -0.460 e. The van der Waals surface area contributed by atoms with E-state index < -0.39 is 29.7 Å². The first kappa shape index (κ1) is 21.3. The number of carbonyl (C=O) groups is 2. The van der Waals surface area contributed by atoms with E-state index in [4.69, 9.17) is 9.47 Å². The molecule has 0 spiro atoms. The van der Waals surface area contributed by atoms with Crippen molar-refractivity contribution in [1.82, 2.24) is 0 Å². The molecule has 0 aromatic heterocycles. The maximum atomic E-state index is 11.8. The van der Waals surface area contributed by atoms with E-state index in [1.54, 1.807) is 0 Å². The quantitative estimate of drug-likeness (QED) is 0.563. The smallest absolute Gasteiger partial charge is 0.338 e. The molecular weight excluding hydrogens is 360 g/mol. The van der Waals surface area contributed by atoms with Crippen LogP contribution in [0.15, 0.2) is 11.6 Å². The Morgan fingerprint density at radius 1 is 1.39 bits per heavy atom. The molecule has 6 atom stereocenters. The molecular formula is C22H34O6. The fraction of sp³-hybridized carbons (Fsp3) is 0.818. The second-order valence-corrected chi connectivity index (χ2v) is 9.93. The zero-order valence-corrected chi connectivity index (χ0v) is 17.7. The molecule has 1 heterocycles. The van der Waals surface area contributed by atoms with Gasteiger partial charge < -0.3 is 19.7 Å². The molecule has 158 valence electrons. The van der Waals surface area contributed by atoms with E-state index in [2.05, 4.69) is 33.8 Å². The van der Waals surface area contributed by atoms with Gasteiger partial charge in [-0.2, -0.15) is 0 Å². The summed E-state index contributed by atoms with van der Waals surface area (Å²) in [7, 11) is 0. The number of allylic oxidation sites excluding steroid dienone is 2. The van der Waals surface area contributed by atoms with Gasteiger partial charge in [0.15, 0.2) is 11.7 Å². The average Bonchev–Trinajstić information content (AvgIpc) is 2.86. The van der Waals surface area contributed by atoms with Gasteiger partial charge in [0.1, 0.15) is 12.7 Å². The fourth-order valence-corrected chi connectivity index (χ4v) is 5.62. The standard InChI is InChI=1S/C22H34O6/c1-13-8-9-15-16(7-6-10-20(15,3)4)21(13,5)11-17(28-14(2)23)22(26)12-27-19(25)18(22)24/h9,13,16-18,24,26H,6-8,10-12H2,1-5H3/t13-,16+,17+,18-,21-,22-/m0/s1. The van der Waals surface area contributed by atoms with Crippen molar-refractivity contribution in [2.75, 3.05) is 6.61 Å². The molecule has 1 saturated heterocycles. The first-order chi connectivity index (χ1) is 12.9. The van der Waals surface area contributed by atoms with Gasteiger partial charge in [-0.05, 0) is 48.3 Å². The van der Waals surface area contributed by atoms with Crippen LogP contribution < -0.4 is 0 Å². The van der Waals surface area contributed by atoms with Gasteiger partial charge in [-0.15, -0.1) is 0 Å². The molecule has 3 aliphatic rings. The Balaban J connectivity index is 1.96. The first-order valence-electron chi connectivity index (χ1n) is 10.4. The van der Waals surface area contributed by atoms with Gasteiger partial charge in [0.25, 0.3) is 0 Å². The second-order valence-electron chi connectivity index (χ2n) is 9.93. The number of aliphatic hydroxyl groups is 2. The summed E-state index contributed by atoms with van der Waals surface area (Å²) in [6.45, 7) is 9.87. The molecule has 1 aliphatic heterocycles. The van der Waals surface area contributed by atoms with E-state index in [1.807, 2.05) is 0 Å². The first-order valence-corrected chi connectivity index (χ1v) is 10.4. The van der Waals surface area contributed by atoms with Gasteiger partial charge in [0.05, 0.1) is 0 Å². The number of esters is 2. The third-order valence-electron chi connectivity index (χ3n) is 7.70. The van der Waals surface area contributed by atoms with Crippen LogP contribution in [0.25, 0.3) is 0 Å². The highest BCUT2D eigenvalue weighted by molar-refractivity contribution is 5.78. The van der Waals surface area contributed by atoms with Crippen molar-refractivity contribution < 1.29 is 29.3 Å². The number of ether oxygens (including phenoxy) is 2. The Hall–Kier alpha value is -1.40. The molecule has 6 heteroatoms. The summed E-state index contributed by atoms with van der Waals surface area (Å²) in [4.78, 5) is 23.6. The number of carbonyl (C=O) groups excluding carboxylic acids is 2. The summed E-state index contributed by atoms with van der Waals surface area (Å²) in [5.74, 6) is -0.790. The van der Waals surface area contributed by atoms with Gasteiger partial charge in [-0.3, -0.25) is 4.79 Å². The molecule has 2 fully saturated rings. The van der Waals surface area contributed by atoms with E-state index in [9.17, 15) is 19.8 Å². The zero-order chi connectivity index (χ0) is 20.9. The number of aliphatic hydroxyl groups excluding tert-OH is 1. The van der Waals surface area contributed by atoms with Gasteiger partial charge >= 0.3 is 11.9 Å². The van der Waals surface area contributed by atoms with Gasteiger partial charge in [0.2, 0.25) is 0 Å². The van der Waals surface area contributed by atoms with Crippen molar-refractivity contribution in [3.05, 3.63) is 11.6 Å². The lowest BCUT2D eigenvalue weighted by atomic mass is 9.51. The minimum absolute atomic E-state index is 0.129. The summed E-state index contributed by atoms with van der Waals surface area (Å²) in [5.41, 5.74) is -0.573. The summed E-state index contributed by atoms with van der Waals surface area (Å²) >= 11 is 0. The lowest BCUT2D eigenvalue weighted by molar-refractivity contribution is -0.184. The molecule has 28 heavy (non-hydrogen) atoms. The van der Waals surface area contributed by atoms with E-state index in [0.717, 1.165) is 25.7 Å². The highest BCUT2D eigenvalue weighted by Crippen LogP contribution is 2.58. The third-order valence-corrected chi connectivity index (χ3v) is 7.70. The van der Waals surface area contributed by atoms with Crippen LogP contribution in [-0.4, -0.2) is 46.6 Å². The third kappa shape index (κ3) is 3.39. The number of hydrogen-bond acceptors (Lipinski definition) is 6. The highest BCUT2D eigenvalue weighted by Gasteiger charge is 2.59. The van der Waals surface area contributed by atoms with Crippen LogP contribution in [0.2, 0.25) is 0 Å². The Labute approximate surface area is 167 Å². The second kappa shape index (κ2) is 7.13. The molecule has 2 N–H and O–H groups in total. The van der Waals surface area contributed by atoms with Crippen molar-refractivity contribution in [2.45, 2.75) is 84.5 Å². The summed E-state index contributed by atoms with van der Waals surface area (Å²) in [6, 6.07) is 0. The molecule has 6 nitrogen and oxygen atoms in total. The zero-order valence-electron chi connectivity index (χ0n) is 17.7. The van der Waals surface area contributed by atoms with Gasteiger partial charge in [-0.25, -0.2) is 4.79 Å². The predicted molar refractivity (Wildman–Crippen MR) is 103 cm³/mol. The Morgan fingerprint density at radius 3 is 2.64 bits per heavy atom. The van der Waals surface area contributed by atoms with Crippen molar-refractivity contribution in [1.29, 1.82) is 0 Å². The fourth-order valence-electron chi connectivity index (χ4n) is 5.62. The molecule has 0 bridgehead atoms. The van der Waals surface area contributed by atoms with E-state index in [0.29, 0.717) is 18.3 Å². The lowest BCUT2D eigenvalue weighted by Gasteiger charge is -2.54. The maximum absolute atomic E-state index is 11.8. The van der Waals surface area contributed by atoms with Crippen LogP contribution >= 0.6 is 0 Å². The molecule has 0 aromatic rings. The summed E-state index contributed by atoms with van der Waals surface area (Å²) in [6.07, 6.45) is 4.29. The monoisotopic (exact) mass is 394 g/mol. The number of fused-ring (bicyclic) bond motifs is 1. The maximum Gasteiger partial charge on any atom is 0.338 e. The minimum atomic E-state index is -1.92. The van der Waals surface area contributed by atoms with E-state index >= 15 is 0 Å². The number of rotatable bonds is 4.